The van der Waals surface area contributed by atoms with Gasteiger partial charge in [0.15, 0.2) is 6.17 Å². The van der Waals surface area contributed by atoms with Gasteiger partial charge in [-0.1, -0.05) is 42.5 Å². The third kappa shape index (κ3) is 3.44. The highest BCUT2D eigenvalue weighted by Crippen LogP contribution is 2.28. The van der Waals surface area contributed by atoms with E-state index in [1.807, 2.05) is 36.5 Å². The molecule has 1 saturated heterocycles. The van der Waals surface area contributed by atoms with E-state index in [4.69, 9.17) is 12.2 Å². The molecule has 0 radical (unpaired) electrons. The standard InChI is InChI=1S/C19H19N5S/c25-19-22-21-18(16-6-2-1-3-7-16)24(19)20-14-15-8-10-17(11-9-15)23-12-4-5-13-23/h1-3,6-11,14,18H,4-5,12-13H2. The largest absolute Gasteiger partial charge is 0.372 e. The molecule has 0 saturated carbocycles. The number of hydrogen-bond donors (Lipinski definition) is 0. The van der Waals surface area contributed by atoms with Gasteiger partial charge in [-0.05, 0) is 42.8 Å². The van der Waals surface area contributed by atoms with Crippen LogP contribution in [0.2, 0.25) is 0 Å². The zero-order valence-electron chi connectivity index (χ0n) is 13.8. The summed E-state index contributed by atoms with van der Waals surface area (Å²) in [7, 11) is 0. The Morgan fingerprint density at radius 3 is 2.44 bits per heavy atom. The molecule has 1 unspecified atom stereocenters. The van der Waals surface area contributed by atoms with Crippen LogP contribution in [0.15, 0.2) is 69.9 Å². The molecular formula is C19H19N5S. The summed E-state index contributed by atoms with van der Waals surface area (Å²) in [5, 5.41) is 14.8. The van der Waals surface area contributed by atoms with Gasteiger partial charge < -0.3 is 4.90 Å². The first-order chi connectivity index (χ1) is 12.3. The Bertz CT molecular complexity index is 794. The second kappa shape index (κ2) is 7.11. The van der Waals surface area contributed by atoms with Crippen molar-refractivity contribution in [1.82, 2.24) is 5.01 Å². The lowest BCUT2D eigenvalue weighted by atomic mass is 10.2. The third-order valence-electron chi connectivity index (χ3n) is 4.47. The zero-order chi connectivity index (χ0) is 17.1. The van der Waals surface area contributed by atoms with Crippen molar-refractivity contribution in [2.75, 3.05) is 18.0 Å². The topological polar surface area (TPSA) is 43.6 Å². The number of nitrogens with zero attached hydrogens (tertiary/aromatic N) is 5. The average Bonchev–Trinajstić information content (AvgIpc) is 3.31. The number of benzene rings is 2. The molecule has 5 nitrogen and oxygen atoms in total. The number of thiocarbonyl (C=S) groups is 1. The molecule has 0 bridgehead atoms. The van der Waals surface area contributed by atoms with Crippen LogP contribution >= 0.6 is 12.2 Å². The smallest absolute Gasteiger partial charge is 0.238 e. The van der Waals surface area contributed by atoms with Gasteiger partial charge in [0, 0.05) is 24.3 Å². The fourth-order valence-corrected chi connectivity index (χ4v) is 3.32. The SMILES string of the molecule is S=C1N=NC(c2ccccc2)N1N=Cc1ccc(N2CCCC2)cc1. The van der Waals surface area contributed by atoms with E-state index < -0.39 is 0 Å². The summed E-state index contributed by atoms with van der Waals surface area (Å²) >= 11 is 5.27. The predicted octanol–water partition coefficient (Wildman–Crippen LogP) is 4.37. The molecule has 0 aromatic heterocycles. The van der Waals surface area contributed by atoms with Gasteiger partial charge in [-0.15, -0.1) is 5.11 Å². The van der Waals surface area contributed by atoms with Crippen molar-refractivity contribution in [2.24, 2.45) is 15.3 Å². The molecule has 2 aromatic carbocycles. The Labute approximate surface area is 152 Å². The highest BCUT2D eigenvalue weighted by atomic mass is 32.1. The lowest BCUT2D eigenvalue weighted by Crippen LogP contribution is -2.21. The van der Waals surface area contributed by atoms with E-state index in [9.17, 15) is 0 Å². The molecule has 0 aliphatic carbocycles. The number of hydrazone groups is 1. The summed E-state index contributed by atoms with van der Waals surface area (Å²) < 4.78 is 0. The van der Waals surface area contributed by atoms with Crippen molar-refractivity contribution in [3.8, 4) is 0 Å². The molecule has 1 fully saturated rings. The molecule has 2 aromatic rings. The molecule has 6 heteroatoms. The Kier molecular flexibility index (Phi) is 4.52. The predicted molar refractivity (Wildman–Crippen MR) is 104 cm³/mol. The first-order valence-corrected chi connectivity index (χ1v) is 8.90. The molecule has 0 N–H and O–H groups in total. The fraction of sp³-hybridized carbons (Fsp3) is 0.263. The summed E-state index contributed by atoms with van der Waals surface area (Å²) in [6, 6.07) is 18.4. The van der Waals surface area contributed by atoms with Crippen LogP contribution in [0.1, 0.15) is 30.1 Å². The normalized spacial score (nSPS) is 20.2. The maximum absolute atomic E-state index is 5.27. The second-order valence-corrected chi connectivity index (χ2v) is 6.52. The summed E-state index contributed by atoms with van der Waals surface area (Å²) in [4.78, 5) is 2.42. The minimum absolute atomic E-state index is 0.283. The van der Waals surface area contributed by atoms with Crippen molar-refractivity contribution in [1.29, 1.82) is 0 Å². The van der Waals surface area contributed by atoms with Crippen molar-refractivity contribution in [3.63, 3.8) is 0 Å². The molecule has 2 aliphatic rings. The first-order valence-electron chi connectivity index (χ1n) is 8.49. The number of anilines is 1. The van der Waals surface area contributed by atoms with Crippen LogP contribution in [0.25, 0.3) is 0 Å². The van der Waals surface area contributed by atoms with Crippen LogP contribution in [0.3, 0.4) is 0 Å². The number of rotatable bonds is 4. The maximum Gasteiger partial charge on any atom is 0.238 e. The third-order valence-corrected chi connectivity index (χ3v) is 4.74. The van der Waals surface area contributed by atoms with Gasteiger partial charge in [0.2, 0.25) is 5.11 Å². The van der Waals surface area contributed by atoms with Crippen LogP contribution in [0.4, 0.5) is 5.69 Å². The number of azo groups is 1. The highest BCUT2D eigenvalue weighted by molar-refractivity contribution is 7.80. The average molecular weight is 349 g/mol. The van der Waals surface area contributed by atoms with E-state index in [0.717, 1.165) is 24.2 Å². The van der Waals surface area contributed by atoms with E-state index in [0.29, 0.717) is 5.11 Å². The maximum atomic E-state index is 5.27. The highest BCUT2D eigenvalue weighted by Gasteiger charge is 2.27. The van der Waals surface area contributed by atoms with Crippen molar-refractivity contribution in [3.05, 3.63) is 65.7 Å². The Morgan fingerprint density at radius 1 is 1.00 bits per heavy atom. The van der Waals surface area contributed by atoms with Crippen LogP contribution in [0.5, 0.6) is 0 Å². The molecular weight excluding hydrogens is 330 g/mol. The molecule has 4 rings (SSSR count). The Hall–Kier alpha value is -2.60. The second-order valence-electron chi connectivity index (χ2n) is 6.16. The van der Waals surface area contributed by atoms with Gasteiger partial charge in [-0.2, -0.15) is 10.2 Å². The summed E-state index contributed by atoms with van der Waals surface area (Å²) in [6.45, 7) is 2.30. The molecule has 126 valence electrons. The lowest BCUT2D eigenvalue weighted by Gasteiger charge is -2.18. The molecule has 1 atom stereocenters. The van der Waals surface area contributed by atoms with Gasteiger partial charge in [-0.3, -0.25) is 0 Å². The van der Waals surface area contributed by atoms with E-state index in [1.54, 1.807) is 5.01 Å². The Balaban J connectivity index is 1.49. The van der Waals surface area contributed by atoms with Gasteiger partial charge in [-0.25, -0.2) is 5.01 Å². The monoisotopic (exact) mass is 349 g/mol. The van der Waals surface area contributed by atoms with Crippen LogP contribution in [0, 0.1) is 0 Å². The molecule has 0 spiro atoms. The van der Waals surface area contributed by atoms with E-state index in [1.165, 1.54) is 18.5 Å². The van der Waals surface area contributed by atoms with Gasteiger partial charge >= 0.3 is 0 Å². The minimum atomic E-state index is -0.283. The van der Waals surface area contributed by atoms with Crippen molar-refractivity contribution < 1.29 is 0 Å². The number of hydrogen-bond acceptors (Lipinski definition) is 4. The summed E-state index contributed by atoms with van der Waals surface area (Å²) in [6.07, 6.45) is 4.09. The van der Waals surface area contributed by atoms with Gasteiger partial charge in [0.25, 0.3) is 0 Å². The van der Waals surface area contributed by atoms with Crippen molar-refractivity contribution >= 4 is 29.2 Å². The first kappa shape index (κ1) is 15.9. The van der Waals surface area contributed by atoms with Crippen LogP contribution in [-0.2, 0) is 0 Å². The summed E-state index contributed by atoms with van der Waals surface area (Å²) in [5.41, 5.74) is 3.33. The van der Waals surface area contributed by atoms with Crippen LogP contribution < -0.4 is 4.90 Å². The van der Waals surface area contributed by atoms with Crippen LogP contribution in [-0.4, -0.2) is 29.4 Å². The fourth-order valence-electron chi connectivity index (χ4n) is 3.12. The summed E-state index contributed by atoms with van der Waals surface area (Å²) in [5.74, 6) is 0. The zero-order valence-corrected chi connectivity index (χ0v) is 14.6. The molecule has 0 amide bonds. The van der Waals surface area contributed by atoms with Crippen molar-refractivity contribution in [2.45, 2.75) is 19.0 Å². The van der Waals surface area contributed by atoms with E-state index >= 15 is 0 Å². The quantitative estimate of drug-likeness (QED) is 0.608. The minimum Gasteiger partial charge on any atom is -0.372 e. The molecule has 2 heterocycles. The molecule has 25 heavy (non-hydrogen) atoms. The van der Waals surface area contributed by atoms with Gasteiger partial charge in [0.1, 0.15) is 0 Å². The van der Waals surface area contributed by atoms with E-state index in [-0.39, 0.29) is 6.17 Å². The molecule has 2 aliphatic heterocycles. The van der Waals surface area contributed by atoms with Gasteiger partial charge in [0.05, 0.1) is 6.21 Å². The Morgan fingerprint density at radius 2 is 1.72 bits per heavy atom. The van der Waals surface area contributed by atoms with E-state index in [2.05, 4.69) is 44.5 Å². The lowest BCUT2D eigenvalue weighted by molar-refractivity contribution is 0.367.